The van der Waals surface area contributed by atoms with Gasteiger partial charge in [0.1, 0.15) is 0 Å². The lowest BCUT2D eigenvalue weighted by molar-refractivity contribution is -0.384. The first-order valence-corrected chi connectivity index (χ1v) is 7.10. The second-order valence-electron chi connectivity index (χ2n) is 5.32. The van der Waals surface area contributed by atoms with Gasteiger partial charge in [-0.2, -0.15) is 0 Å². The van der Waals surface area contributed by atoms with Crippen LogP contribution in [-0.4, -0.2) is 27.7 Å². The maximum Gasteiger partial charge on any atom is 0.299 e. The molecule has 1 aliphatic heterocycles. The van der Waals surface area contributed by atoms with E-state index in [1.165, 1.54) is 34.6 Å². The van der Waals surface area contributed by atoms with E-state index >= 15 is 0 Å². The lowest BCUT2D eigenvalue weighted by Crippen LogP contribution is -2.29. The number of amides is 2. The molecule has 1 aliphatic rings. The molecule has 0 saturated heterocycles. The van der Waals surface area contributed by atoms with Gasteiger partial charge in [-0.3, -0.25) is 29.7 Å². The molecule has 1 heterocycles. The monoisotopic (exact) mass is 341 g/mol. The number of nitrogens with one attached hydrogen (secondary N) is 1. The Labute approximate surface area is 140 Å². The number of rotatable bonds is 4. The van der Waals surface area contributed by atoms with Crippen molar-refractivity contribution in [2.75, 3.05) is 4.90 Å². The molecule has 126 valence electrons. The molecule has 0 fully saturated rings. The van der Waals surface area contributed by atoms with E-state index < -0.39 is 22.5 Å². The summed E-state index contributed by atoms with van der Waals surface area (Å²) in [5, 5.41) is 19.4. The molecule has 25 heavy (non-hydrogen) atoms. The van der Waals surface area contributed by atoms with Gasteiger partial charge in [0.15, 0.2) is 0 Å². The second kappa shape index (κ2) is 6.13. The van der Waals surface area contributed by atoms with Gasteiger partial charge >= 0.3 is 0 Å². The molecule has 0 radical (unpaired) electrons. The predicted octanol–water partition coefficient (Wildman–Crippen LogP) is 1.44. The van der Waals surface area contributed by atoms with Crippen LogP contribution in [0.3, 0.4) is 0 Å². The van der Waals surface area contributed by atoms with Gasteiger partial charge in [0.05, 0.1) is 22.7 Å². The van der Waals surface area contributed by atoms with Gasteiger partial charge in [-0.15, -0.1) is 0 Å². The first-order valence-electron chi connectivity index (χ1n) is 7.10. The van der Waals surface area contributed by atoms with Crippen molar-refractivity contribution in [1.82, 2.24) is 5.48 Å². The number of ketones is 1. The highest BCUT2D eigenvalue weighted by Gasteiger charge is 2.36. The average molecular weight is 341 g/mol. The molecule has 0 bridgehead atoms. The van der Waals surface area contributed by atoms with Crippen molar-refractivity contribution < 1.29 is 24.5 Å². The van der Waals surface area contributed by atoms with Crippen molar-refractivity contribution in [3.8, 4) is 0 Å². The number of non-ortho nitro benzene ring substituents is 1. The largest absolute Gasteiger partial charge is 0.300 e. The maximum atomic E-state index is 12.2. The van der Waals surface area contributed by atoms with E-state index in [0.717, 1.165) is 6.07 Å². The Morgan fingerprint density at radius 2 is 1.84 bits per heavy atom. The van der Waals surface area contributed by atoms with Crippen LogP contribution >= 0.6 is 0 Å². The van der Waals surface area contributed by atoms with Crippen molar-refractivity contribution in [1.29, 1.82) is 0 Å². The zero-order chi connectivity index (χ0) is 18.1. The molecule has 0 unspecified atom stereocenters. The molecule has 9 nitrogen and oxygen atoms in total. The van der Waals surface area contributed by atoms with Crippen molar-refractivity contribution in [3.05, 3.63) is 69.3 Å². The third kappa shape index (κ3) is 2.83. The molecule has 0 saturated carbocycles. The normalized spacial score (nSPS) is 12.9. The quantitative estimate of drug-likeness (QED) is 0.374. The molecular weight excluding hydrogens is 330 g/mol. The smallest absolute Gasteiger partial charge is 0.299 e. The van der Waals surface area contributed by atoms with Crippen LogP contribution in [0.15, 0.2) is 42.5 Å². The van der Waals surface area contributed by atoms with E-state index in [1.807, 2.05) is 0 Å². The van der Waals surface area contributed by atoms with E-state index in [0.29, 0.717) is 11.3 Å². The lowest BCUT2D eigenvalue weighted by Gasteiger charge is -2.16. The summed E-state index contributed by atoms with van der Waals surface area (Å²) >= 11 is 0. The second-order valence-corrected chi connectivity index (χ2v) is 5.32. The molecule has 0 aliphatic carbocycles. The molecule has 2 aromatic rings. The number of nitrogens with zero attached hydrogens (tertiary/aromatic N) is 2. The summed E-state index contributed by atoms with van der Waals surface area (Å²) in [6, 6.07) is 9.75. The Hall–Kier alpha value is -3.59. The summed E-state index contributed by atoms with van der Waals surface area (Å²) in [7, 11) is 0. The minimum absolute atomic E-state index is 0.00419. The van der Waals surface area contributed by atoms with Crippen LogP contribution in [0.25, 0.3) is 0 Å². The summed E-state index contributed by atoms with van der Waals surface area (Å²) in [6.45, 7) is 0.0659. The number of hydroxylamine groups is 1. The van der Waals surface area contributed by atoms with Gasteiger partial charge < -0.3 is 4.90 Å². The number of carbonyl (C=O) groups is 3. The minimum atomic E-state index is -0.796. The van der Waals surface area contributed by atoms with Crippen LogP contribution in [0.4, 0.5) is 11.4 Å². The highest BCUT2D eigenvalue weighted by Crippen LogP contribution is 2.33. The van der Waals surface area contributed by atoms with Gasteiger partial charge in [0.25, 0.3) is 23.3 Å². The Kier molecular flexibility index (Phi) is 3.99. The Morgan fingerprint density at radius 3 is 2.44 bits per heavy atom. The number of nitro benzene ring substituents is 1. The summed E-state index contributed by atoms with van der Waals surface area (Å²) in [6.07, 6.45) is 0. The van der Waals surface area contributed by atoms with Crippen molar-refractivity contribution in [2.45, 2.75) is 6.54 Å². The maximum absolute atomic E-state index is 12.2. The Balaban J connectivity index is 1.89. The van der Waals surface area contributed by atoms with Crippen LogP contribution in [0.5, 0.6) is 0 Å². The van der Waals surface area contributed by atoms with Gasteiger partial charge in [-0.05, 0) is 23.8 Å². The highest BCUT2D eigenvalue weighted by atomic mass is 16.6. The molecule has 2 amide bonds. The Morgan fingerprint density at radius 1 is 1.16 bits per heavy atom. The van der Waals surface area contributed by atoms with E-state index in [1.54, 1.807) is 12.1 Å². The molecule has 0 atom stereocenters. The number of benzene rings is 2. The van der Waals surface area contributed by atoms with Gasteiger partial charge in [0.2, 0.25) is 0 Å². The number of Topliss-reactive ketones (excluding diaryl/α,β-unsaturated/α-hetero) is 1. The molecule has 2 aromatic carbocycles. The van der Waals surface area contributed by atoms with E-state index in [2.05, 4.69) is 0 Å². The topological polar surface area (TPSA) is 130 Å². The molecule has 3 rings (SSSR count). The van der Waals surface area contributed by atoms with Gasteiger partial charge in [-0.25, -0.2) is 5.48 Å². The third-order valence-electron chi connectivity index (χ3n) is 3.82. The first kappa shape index (κ1) is 16.3. The third-order valence-corrected chi connectivity index (χ3v) is 3.82. The van der Waals surface area contributed by atoms with Crippen LogP contribution in [-0.2, 0) is 11.3 Å². The lowest BCUT2D eigenvalue weighted by atomic mass is 10.1. The molecule has 9 heteroatoms. The van der Waals surface area contributed by atoms with Gasteiger partial charge in [-0.1, -0.05) is 12.1 Å². The average Bonchev–Trinajstić information content (AvgIpc) is 2.86. The predicted molar refractivity (Wildman–Crippen MR) is 84.3 cm³/mol. The molecule has 2 N–H and O–H groups in total. The number of carbonyl (C=O) groups excluding carboxylic acids is 3. The van der Waals surface area contributed by atoms with E-state index in [4.69, 9.17) is 5.21 Å². The fraction of sp³-hybridized carbons (Fsp3) is 0.0625. The number of anilines is 1. The summed E-state index contributed by atoms with van der Waals surface area (Å²) < 4.78 is 0. The zero-order valence-electron chi connectivity index (χ0n) is 12.6. The van der Waals surface area contributed by atoms with Gasteiger partial charge in [0, 0.05) is 17.7 Å². The van der Waals surface area contributed by atoms with Crippen molar-refractivity contribution >= 4 is 29.0 Å². The fourth-order valence-electron chi connectivity index (χ4n) is 2.57. The summed E-state index contributed by atoms with van der Waals surface area (Å²) in [5.74, 6) is -2.24. The highest BCUT2D eigenvalue weighted by molar-refractivity contribution is 6.52. The van der Waals surface area contributed by atoms with E-state index in [-0.39, 0.29) is 23.4 Å². The summed E-state index contributed by atoms with van der Waals surface area (Å²) in [4.78, 5) is 46.9. The SMILES string of the molecule is O=C(NO)c1ccc(CN2C(=O)C(=O)c3cc([N+](=O)[O-])ccc32)cc1. The fourth-order valence-corrected chi connectivity index (χ4v) is 2.57. The van der Waals surface area contributed by atoms with Crippen LogP contribution < -0.4 is 10.4 Å². The summed E-state index contributed by atoms with van der Waals surface area (Å²) in [5.41, 5.74) is 2.42. The van der Waals surface area contributed by atoms with Crippen LogP contribution in [0.2, 0.25) is 0 Å². The zero-order valence-corrected chi connectivity index (χ0v) is 12.6. The van der Waals surface area contributed by atoms with Crippen LogP contribution in [0, 0.1) is 10.1 Å². The number of nitro groups is 1. The number of fused-ring (bicyclic) bond motifs is 1. The first-order chi connectivity index (χ1) is 11.9. The van der Waals surface area contributed by atoms with Crippen molar-refractivity contribution in [3.63, 3.8) is 0 Å². The molecule has 0 aromatic heterocycles. The van der Waals surface area contributed by atoms with E-state index in [9.17, 15) is 24.5 Å². The molecule has 0 spiro atoms. The molecular formula is C16H11N3O6. The number of hydrogen-bond donors (Lipinski definition) is 2. The van der Waals surface area contributed by atoms with Crippen LogP contribution in [0.1, 0.15) is 26.3 Å². The standard InChI is InChI=1S/C16H11N3O6/c20-14-12-7-11(19(24)25)5-6-13(12)18(16(14)22)8-9-1-3-10(4-2-9)15(21)17-23/h1-7,23H,8H2,(H,17,21). The minimum Gasteiger partial charge on any atom is -0.300 e. The Bertz CT molecular complexity index is 907. The van der Waals surface area contributed by atoms with Crippen molar-refractivity contribution in [2.24, 2.45) is 0 Å². The number of hydrogen-bond acceptors (Lipinski definition) is 6.